The zero-order valence-electron chi connectivity index (χ0n) is 18.0. The molecule has 3 aromatic rings. The van der Waals surface area contributed by atoms with Gasteiger partial charge in [0.1, 0.15) is 0 Å². The molecule has 1 fully saturated rings. The van der Waals surface area contributed by atoms with Gasteiger partial charge in [0.2, 0.25) is 11.3 Å². The summed E-state index contributed by atoms with van der Waals surface area (Å²) in [5.41, 5.74) is 0.959. The van der Waals surface area contributed by atoms with Crippen molar-refractivity contribution in [2.24, 2.45) is 10.4 Å². The molecule has 32 heavy (non-hydrogen) atoms. The summed E-state index contributed by atoms with van der Waals surface area (Å²) in [6, 6.07) is 1.46. The highest BCUT2D eigenvalue weighted by molar-refractivity contribution is 7.91. The lowest BCUT2D eigenvalue weighted by atomic mass is 9.84. The van der Waals surface area contributed by atoms with Crippen molar-refractivity contribution >= 4 is 44.0 Å². The summed E-state index contributed by atoms with van der Waals surface area (Å²) in [4.78, 5) is 4.72. The van der Waals surface area contributed by atoms with Crippen LogP contribution in [0.5, 0.6) is 5.75 Å². The van der Waals surface area contributed by atoms with E-state index in [9.17, 15) is 18.1 Å². The number of aromatic amines is 1. The summed E-state index contributed by atoms with van der Waals surface area (Å²) in [5, 5.41) is 15.0. The van der Waals surface area contributed by atoms with Gasteiger partial charge in [-0.1, -0.05) is 20.8 Å². The summed E-state index contributed by atoms with van der Waals surface area (Å²) in [6.45, 7) is 6.05. The molecule has 4 rings (SSSR count). The quantitative estimate of drug-likeness (QED) is 0.420. The van der Waals surface area contributed by atoms with Crippen LogP contribution in [0.25, 0.3) is 0 Å². The number of nitrogens with one attached hydrogen (secondary N) is 2. The number of H-pyrrole nitrogens is 1. The zero-order chi connectivity index (χ0) is 23.3. The minimum Gasteiger partial charge on any atom is -0.548 e. The van der Waals surface area contributed by atoms with Crippen LogP contribution >= 0.6 is 22.5 Å². The van der Waals surface area contributed by atoms with Gasteiger partial charge in [0.05, 0.1) is 24.3 Å². The third-order valence-corrected chi connectivity index (χ3v) is 9.30. The summed E-state index contributed by atoms with van der Waals surface area (Å²) in [7, 11) is -2.29. The van der Waals surface area contributed by atoms with E-state index in [-0.39, 0.29) is 38.7 Å². The molecule has 3 N–H and O–H groups in total. The average Bonchev–Trinajstić information content (AvgIpc) is 3.10. The number of aromatic hydroxyl groups is 1. The van der Waals surface area contributed by atoms with Crippen LogP contribution in [0, 0.1) is 5.41 Å². The zero-order valence-corrected chi connectivity index (χ0v) is 20.5. The van der Waals surface area contributed by atoms with E-state index in [4.69, 9.17) is 9.41 Å². The number of nitrogens with zero attached hydrogens (tertiary/aromatic N) is 3. The summed E-state index contributed by atoms with van der Waals surface area (Å²) in [5.74, 6) is -0.252. The monoisotopic (exact) mass is 499 g/mol. The molecule has 0 saturated heterocycles. The lowest BCUT2D eigenvalue weighted by Crippen LogP contribution is -2.28. The van der Waals surface area contributed by atoms with Crippen molar-refractivity contribution in [2.75, 3.05) is 12.4 Å². The fourth-order valence-corrected chi connectivity index (χ4v) is 6.75. The third kappa shape index (κ3) is 4.48. The number of furan rings is 1. The highest BCUT2D eigenvalue weighted by atomic mass is 32.2. The number of sulfonamides is 1. The summed E-state index contributed by atoms with van der Waals surface area (Å²) < 4.78 is 50.8. The van der Waals surface area contributed by atoms with Crippen molar-refractivity contribution < 1.29 is 22.5 Å². The van der Waals surface area contributed by atoms with E-state index in [0.29, 0.717) is 0 Å². The van der Waals surface area contributed by atoms with E-state index >= 15 is 0 Å². The van der Waals surface area contributed by atoms with E-state index in [1.807, 2.05) is 26.8 Å². The molecule has 1 aliphatic carbocycles. The third-order valence-electron chi connectivity index (χ3n) is 5.18. The topological polar surface area (TPSA) is 147 Å². The molecule has 0 aliphatic heterocycles. The number of anilines is 2. The molecule has 174 valence electrons. The summed E-state index contributed by atoms with van der Waals surface area (Å²) >= 11 is -0.840. The van der Waals surface area contributed by atoms with Gasteiger partial charge in [-0.2, -0.15) is 4.31 Å². The van der Waals surface area contributed by atoms with Crippen LogP contribution in [0.3, 0.4) is 0 Å². The predicted molar refractivity (Wildman–Crippen MR) is 121 cm³/mol. The molecule has 1 unspecified atom stereocenters. The highest BCUT2D eigenvalue weighted by Gasteiger charge is 2.38. The van der Waals surface area contributed by atoms with Gasteiger partial charge in [0.25, 0.3) is 10.0 Å². The van der Waals surface area contributed by atoms with Crippen molar-refractivity contribution in [2.45, 2.75) is 49.9 Å². The molecule has 3 heterocycles. The Bertz CT molecular complexity index is 1260. The second-order valence-electron chi connectivity index (χ2n) is 8.76. The molecule has 0 bridgehead atoms. The van der Waals surface area contributed by atoms with Crippen LogP contribution in [0.15, 0.2) is 37.6 Å². The van der Waals surface area contributed by atoms with Crippen LogP contribution in [0.1, 0.15) is 45.2 Å². The Morgan fingerprint density at radius 3 is 2.78 bits per heavy atom. The maximum absolute atomic E-state index is 12.8. The number of rotatable bonds is 7. The first kappa shape index (κ1) is 23.0. The van der Waals surface area contributed by atoms with Gasteiger partial charge >= 0.3 is 0 Å². The molecule has 0 radical (unpaired) electrons. The standard InChI is InChI=1S/C19H25N5O5S3/c1-19(2,3)15(11-7-8-29-9-11)21-17-16(22-31(26)23-17)20-13-10-30-18(14(13)25)32(27,28)24(4)12-5-6-12/h7-10,12,15,25H,5-6H2,1-4H3,(H,20,22)(H,21,23)/t15-,31?/m0/s1. The second kappa shape index (κ2) is 8.30. The van der Waals surface area contributed by atoms with Crippen LogP contribution in [-0.4, -0.2) is 44.2 Å². The van der Waals surface area contributed by atoms with Crippen LogP contribution in [0.4, 0.5) is 11.5 Å². The Morgan fingerprint density at radius 2 is 2.19 bits per heavy atom. The van der Waals surface area contributed by atoms with E-state index in [1.165, 1.54) is 16.7 Å². The number of hydrogen-bond acceptors (Lipinski definition) is 9. The second-order valence-corrected chi connectivity index (χ2v) is 12.7. The molecule has 0 spiro atoms. The van der Waals surface area contributed by atoms with Gasteiger partial charge in [-0.25, -0.2) is 8.42 Å². The van der Waals surface area contributed by atoms with Gasteiger partial charge in [0, 0.05) is 28.4 Å². The molecule has 13 heteroatoms. The van der Waals surface area contributed by atoms with Gasteiger partial charge < -0.3 is 19.4 Å². The van der Waals surface area contributed by atoms with E-state index in [2.05, 4.69) is 14.1 Å². The average molecular weight is 500 g/mol. The smallest absolute Gasteiger partial charge is 0.256 e. The Kier molecular flexibility index (Phi) is 5.96. The van der Waals surface area contributed by atoms with Crippen LogP contribution in [-0.2, 0) is 10.0 Å². The first-order valence-electron chi connectivity index (χ1n) is 9.91. The predicted octanol–water partition coefficient (Wildman–Crippen LogP) is 3.71. The molecule has 0 amide bonds. The molecule has 1 aliphatic rings. The van der Waals surface area contributed by atoms with E-state index < -0.39 is 26.9 Å². The Hall–Kier alpha value is -2.19. The molecule has 1 saturated carbocycles. The van der Waals surface area contributed by atoms with Gasteiger partial charge in [-0.3, -0.25) is 4.99 Å². The lowest BCUT2D eigenvalue weighted by molar-refractivity contribution is 0.321. The normalized spacial score (nSPS) is 17.2. The lowest BCUT2D eigenvalue weighted by Gasteiger charge is -2.25. The van der Waals surface area contributed by atoms with Crippen molar-refractivity contribution in [1.29, 1.82) is 0 Å². The number of aromatic nitrogens is 2. The minimum atomic E-state index is -3.81. The molecule has 2 atom stereocenters. The Balaban J connectivity index is 1.69. The Labute approximate surface area is 192 Å². The van der Waals surface area contributed by atoms with Crippen molar-refractivity contribution in [3.05, 3.63) is 35.0 Å². The van der Waals surface area contributed by atoms with Gasteiger partial charge in [0.15, 0.2) is 21.1 Å². The maximum atomic E-state index is 12.8. The molecular weight excluding hydrogens is 474 g/mol. The first-order valence-corrected chi connectivity index (χ1v) is 13.3. The SMILES string of the molecule is CN(C1CC1)S(=O)(=O)c1scc(Nc2n[s+]([O-])[nH]c2=N[C@@H](c2ccoc2)C(C)(C)C)c1O. The van der Waals surface area contributed by atoms with Crippen LogP contribution in [0.2, 0.25) is 0 Å². The minimum absolute atomic E-state index is 0.0280. The maximum Gasteiger partial charge on any atom is 0.256 e. The molecule has 10 nitrogen and oxygen atoms in total. The molecule has 3 aromatic heterocycles. The number of hydrogen-bond donors (Lipinski definition) is 3. The fourth-order valence-electron chi connectivity index (χ4n) is 3.28. The molecule has 0 aromatic carbocycles. The fraction of sp³-hybridized carbons (Fsp3) is 0.474. The van der Waals surface area contributed by atoms with Crippen molar-refractivity contribution in [3.8, 4) is 5.75 Å². The molecular formula is C19H25N5O5S3. The van der Waals surface area contributed by atoms with Crippen molar-refractivity contribution in [1.82, 2.24) is 13.1 Å². The van der Waals surface area contributed by atoms with E-state index in [0.717, 1.165) is 29.7 Å². The summed E-state index contributed by atoms with van der Waals surface area (Å²) in [6.07, 6.45) is 4.79. The first-order chi connectivity index (χ1) is 15.0. The van der Waals surface area contributed by atoms with Crippen molar-refractivity contribution in [3.63, 3.8) is 0 Å². The Morgan fingerprint density at radius 1 is 1.47 bits per heavy atom. The van der Waals surface area contributed by atoms with E-state index in [1.54, 1.807) is 12.5 Å². The largest absolute Gasteiger partial charge is 0.548 e. The van der Waals surface area contributed by atoms with Gasteiger partial charge in [-0.15, -0.1) is 15.7 Å². The van der Waals surface area contributed by atoms with Crippen LogP contribution < -0.4 is 10.8 Å². The highest BCUT2D eigenvalue weighted by Crippen LogP contribution is 2.42. The van der Waals surface area contributed by atoms with Gasteiger partial charge in [-0.05, 0) is 24.3 Å². The number of thiophene rings is 1.